The summed E-state index contributed by atoms with van der Waals surface area (Å²) in [5.74, 6) is -0.287. The number of amides is 2. The zero-order valence-electron chi connectivity index (χ0n) is 16.0. The van der Waals surface area contributed by atoms with Gasteiger partial charge in [-0.2, -0.15) is 0 Å². The van der Waals surface area contributed by atoms with Crippen molar-refractivity contribution in [2.45, 2.75) is 20.3 Å². The Balaban J connectivity index is 1.82. The van der Waals surface area contributed by atoms with E-state index >= 15 is 0 Å². The van der Waals surface area contributed by atoms with Crippen LogP contribution >= 0.6 is 0 Å². The van der Waals surface area contributed by atoms with Crippen LogP contribution in [0.3, 0.4) is 0 Å². The Morgan fingerprint density at radius 3 is 2.07 bits per heavy atom. The van der Waals surface area contributed by atoms with Crippen molar-refractivity contribution in [3.8, 4) is 0 Å². The largest absolute Gasteiger partial charge is 0.355 e. The van der Waals surface area contributed by atoms with Gasteiger partial charge in [-0.15, -0.1) is 0 Å². The van der Waals surface area contributed by atoms with Crippen LogP contribution in [0.1, 0.15) is 29.3 Å². The van der Waals surface area contributed by atoms with Crippen molar-refractivity contribution in [1.29, 1.82) is 0 Å². The highest BCUT2D eigenvalue weighted by Gasteiger charge is 2.14. The minimum Gasteiger partial charge on any atom is -0.355 e. The number of para-hydroxylation sites is 2. The van der Waals surface area contributed by atoms with Crippen LogP contribution in [-0.2, 0) is 4.79 Å². The van der Waals surface area contributed by atoms with Gasteiger partial charge in [0.25, 0.3) is 5.91 Å². The van der Waals surface area contributed by atoms with Crippen LogP contribution in [0.5, 0.6) is 0 Å². The standard InChI is InChI=1S/C23H23N3O2/c1-3-22(27)25-19-14-9-15-20(16(19)2)26-23(28)18-12-7-8-13-21(18)24-17-10-5-4-6-11-17/h4-15,24H,3H2,1-2H3,(H,25,27)(H,26,28). The molecule has 0 aliphatic rings. The summed E-state index contributed by atoms with van der Waals surface area (Å²) >= 11 is 0. The molecule has 28 heavy (non-hydrogen) atoms. The summed E-state index contributed by atoms with van der Waals surface area (Å²) in [7, 11) is 0. The molecule has 0 aliphatic carbocycles. The highest BCUT2D eigenvalue weighted by Crippen LogP contribution is 2.26. The molecule has 3 aromatic carbocycles. The molecule has 0 aliphatic heterocycles. The summed E-state index contributed by atoms with van der Waals surface area (Å²) in [4.78, 5) is 24.6. The Morgan fingerprint density at radius 2 is 1.36 bits per heavy atom. The molecule has 0 aromatic heterocycles. The second kappa shape index (κ2) is 8.86. The molecular weight excluding hydrogens is 350 g/mol. The van der Waals surface area contributed by atoms with Gasteiger partial charge in [-0.3, -0.25) is 9.59 Å². The molecule has 0 heterocycles. The van der Waals surface area contributed by atoms with E-state index < -0.39 is 0 Å². The number of nitrogens with one attached hydrogen (secondary N) is 3. The first-order valence-corrected chi connectivity index (χ1v) is 9.20. The van der Waals surface area contributed by atoms with Crippen LogP contribution in [0.2, 0.25) is 0 Å². The summed E-state index contributed by atoms with van der Waals surface area (Å²) in [5.41, 5.74) is 4.33. The summed E-state index contributed by atoms with van der Waals surface area (Å²) in [6, 6.07) is 22.5. The summed E-state index contributed by atoms with van der Waals surface area (Å²) in [6.07, 6.45) is 0.397. The quantitative estimate of drug-likeness (QED) is 0.546. The zero-order chi connectivity index (χ0) is 19.9. The number of benzene rings is 3. The summed E-state index contributed by atoms with van der Waals surface area (Å²) < 4.78 is 0. The molecule has 5 nitrogen and oxygen atoms in total. The number of hydrogen-bond donors (Lipinski definition) is 3. The Morgan fingerprint density at radius 1 is 0.750 bits per heavy atom. The number of carbonyl (C=O) groups is 2. The van der Waals surface area contributed by atoms with Crippen molar-refractivity contribution < 1.29 is 9.59 Å². The number of hydrogen-bond acceptors (Lipinski definition) is 3. The van der Waals surface area contributed by atoms with Crippen LogP contribution < -0.4 is 16.0 Å². The highest BCUT2D eigenvalue weighted by atomic mass is 16.2. The third-order valence-corrected chi connectivity index (χ3v) is 4.40. The fraction of sp³-hybridized carbons (Fsp3) is 0.130. The zero-order valence-corrected chi connectivity index (χ0v) is 16.0. The van der Waals surface area contributed by atoms with Crippen LogP contribution in [0, 0.1) is 6.92 Å². The first kappa shape index (κ1) is 19.2. The van der Waals surface area contributed by atoms with E-state index in [4.69, 9.17) is 0 Å². The molecule has 0 unspecified atom stereocenters. The molecule has 3 N–H and O–H groups in total. The minimum atomic E-state index is -0.221. The second-order valence-electron chi connectivity index (χ2n) is 6.37. The average Bonchev–Trinajstić information content (AvgIpc) is 2.72. The predicted molar refractivity (Wildman–Crippen MR) is 114 cm³/mol. The molecule has 0 fully saturated rings. The van der Waals surface area contributed by atoms with Crippen molar-refractivity contribution >= 4 is 34.6 Å². The number of anilines is 4. The van der Waals surface area contributed by atoms with Gasteiger partial charge in [0, 0.05) is 23.5 Å². The van der Waals surface area contributed by atoms with Crippen LogP contribution in [0.15, 0.2) is 72.8 Å². The molecule has 0 saturated carbocycles. The van der Waals surface area contributed by atoms with E-state index in [1.54, 1.807) is 13.0 Å². The van der Waals surface area contributed by atoms with E-state index in [9.17, 15) is 9.59 Å². The topological polar surface area (TPSA) is 70.2 Å². The average molecular weight is 373 g/mol. The first-order chi connectivity index (χ1) is 13.6. The number of rotatable bonds is 6. The van der Waals surface area contributed by atoms with E-state index in [1.807, 2.05) is 73.7 Å². The maximum absolute atomic E-state index is 12.9. The fourth-order valence-electron chi connectivity index (χ4n) is 2.80. The van der Waals surface area contributed by atoms with E-state index in [2.05, 4.69) is 16.0 Å². The lowest BCUT2D eigenvalue weighted by Crippen LogP contribution is -2.16. The molecule has 0 spiro atoms. The molecule has 2 amide bonds. The molecule has 0 radical (unpaired) electrons. The van der Waals surface area contributed by atoms with Gasteiger partial charge in [-0.05, 0) is 48.9 Å². The van der Waals surface area contributed by atoms with E-state index in [1.165, 1.54) is 0 Å². The van der Waals surface area contributed by atoms with Gasteiger partial charge < -0.3 is 16.0 Å². The SMILES string of the molecule is CCC(=O)Nc1cccc(NC(=O)c2ccccc2Nc2ccccc2)c1C. The number of carbonyl (C=O) groups excluding carboxylic acids is 2. The van der Waals surface area contributed by atoms with E-state index in [0.29, 0.717) is 23.4 Å². The summed E-state index contributed by atoms with van der Waals surface area (Å²) in [5, 5.41) is 9.09. The molecule has 5 heteroatoms. The van der Waals surface area contributed by atoms with E-state index in [-0.39, 0.29) is 11.8 Å². The third-order valence-electron chi connectivity index (χ3n) is 4.40. The van der Waals surface area contributed by atoms with Crippen molar-refractivity contribution in [3.05, 3.63) is 83.9 Å². The Kier molecular flexibility index (Phi) is 6.07. The molecule has 0 saturated heterocycles. The molecule has 0 bridgehead atoms. The maximum atomic E-state index is 12.9. The Bertz CT molecular complexity index is 984. The van der Waals surface area contributed by atoms with Crippen LogP contribution in [0.25, 0.3) is 0 Å². The molecule has 0 atom stereocenters. The lowest BCUT2D eigenvalue weighted by atomic mass is 10.1. The molecular formula is C23H23N3O2. The van der Waals surface area contributed by atoms with Gasteiger partial charge in [0.15, 0.2) is 0 Å². The van der Waals surface area contributed by atoms with Gasteiger partial charge in [0.1, 0.15) is 0 Å². The maximum Gasteiger partial charge on any atom is 0.257 e. The molecule has 3 rings (SSSR count). The second-order valence-corrected chi connectivity index (χ2v) is 6.37. The normalized spacial score (nSPS) is 10.2. The van der Waals surface area contributed by atoms with Gasteiger partial charge in [-0.1, -0.05) is 43.3 Å². The Labute approximate surface area is 164 Å². The van der Waals surface area contributed by atoms with Gasteiger partial charge in [-0.25, -0.2) is 0 Å². The van der Waals surface area contributed by atoms with Crippen molar-refractivity contribution in [2.75, 3.05) is 16.0 Å². The smallest absolute Gasteiger partial charge is 0.257 e. The van der Waals surface area contributed by atoms with Gasteiger partial charge in [0.05, 0.1) is 11.3 Å². The monoisotopic (exact) mass is 373 g/mol. The van der Waals surface area contributed by atoms with Crippen LogP contribution in [-0.4, -0.2) is 11.8 Å². The van der Waals surface area contributed by atoms with Crippen molar-refractivity contribution in [3.63, 3.8) is 0 Å². The van der Waals surface area contributed by atoms with Crippen molar-refractivity contribution in [2.24, 2.45) is 0 Å². The Hall–Kier alpha value is -3.60. The van der Waals surface area contributed by atoms with Crippen molar-refractivity contribution in [1.82, 2.24) is 0 Å². The van der Waals surface area contributed by atoms with E-state index in [0.717, 1.165) is 16.9 Å². The minimum absolute atomic E-state index is 0.0658. The van der Waals surface area contributed by atoms with Gasteiger partial charge in [0.2, 0.25) is 5.91 Å². The highest BCUT2D eigenvalue weighted by molar-refractivity contribution is 6.09. The van der Waals surface area contributed by atoms with Gasteiger partial charge >= 0.3 is 0 Å². The fourth-order valence-corrected chi connectivity index (χ4v) is 2.80. The lowest BCUT2D eigenvalue weighted by molar-refractivity contribution is -0.115. The third kappa shape index (κ3) is 4.57. The lowest BCUT2D eigenvalue weighted by Gasteiger charge is -2.15. The molecule has 142 valence electrons. The first-order valence-electron chi connectivity index (χ1n) is 9.20. The predicted octanol–water partition coefficient (Wildman–Crippen LogP) is 5.34. The molecule has 3 aromatic rings. The summed E-state index contributed by atoms with van der Waals surface area (Å²) in [6.45, 7) is 3.67. The van der Waals surface area contributed by atoms with Crippen LogP contribution in [0.4, 0.5) is 22.7 Å².